The van der Waals surface area contributed by atoms with E-state index in [2.05, 4.69) is 10.1 Å². The second-order valence-electron chi connectivity index (χ2n) is 5.23. The molecule has 7 nitrogen and oxygen atoms in total. The number of aromatic nitrogens is 3. The molecule has 0 spiro atoms. The van der Waals surface area contributed by atoms with Crippen LogP contribution in [0.25, 0.3) is 10.9 Å². The third kappa shape index (κ3) is 2.06. The van der Waals surface area contributed by atoms with Crippen molar-refractivity contribution in [3.05, 3.63) is 52.3 Å². The fourth-order valence-electron chi connectivity index (χ4n) is 2.49. The van der Waals surface area contributed by atoms with E-state index in [1.807, 2.05) is 10.6 Å². The highest BCUT2D eigenvalue weighted by molar-refractivity contribution is 5.89. The zero-order valence-electron chi connectivity index (χ0n) is 11.1. The number of hydrogen-bond donors (Lipinski definition) is 0. The van der Waals surface area contributed by atoms with Crippen LogP contribution in [0.2, 0.25) is 0 Å². The molecule has 0 amide bonds. The summed E-state index contributed by atoms with van der Waals surface area (Å²) in [5, 5.41) is 15.6. The highest BCUT2D eigenvalue weighted by atomic mass is 16.6. The Morgan fingerprint density at radius 1 is 1.38 bits per heavy atom. The molecule has 2 heterocycles. The van der Waals surface area contributed by atoms with E-state index in [9.17, 15) is 10.1 Å². The van der Waals surface area contributed by atoms with Crippen molar-refractivity contribution >= 4 is 16.6 Å². The number of nitro benzene ring substituents is 1. The average molecular weight is 284 g/mol. The SMILES string of the molecule is O=[N+]([O-])c1cccc2c1ccn2Cc1nc(C2CC2)no1. The first-order valence-electron chi connectivity index (χ1n) is 6.77. The standard InChI is InChI=1S/C14H12N4O3/c19-18(20)12-3-1-2-11-10(12)6-7-17(11)8-13-15-14(16-21-13)9-4-5-9/h1-3,6-7,9H,4-5,8H2. The van der Waals surface area contributed by atoms with Crippen molar-refractivity contribution in [2.75, 3.05) is 0 Å². The van der Waals surface area contributed by atoms with Crippen LogP contribution in [0, 0.1) is 10.1 Å². The maximum absolute atomic E-state index is 11.0. The quantitative estimate of drug-likeness (QED) is 0.543. The van der Waals surface area contributed by atoms with Crippen molar-refractivity contribution < 1.29 is 9.45 Å². The maximum atomic E-state index is 11.0. The Morgan fingerprint density at radius 3 is 3.00 bits per heavy atom. The van der Waals surface area contributed by atoms with Gasteiger partial charge in [0.2, 0.25) is 5.89 Å². The van der Waals surface area contributed by atoms with Crippen LogP contribution in [0.3, 0.4) is 0 Å². The monoisotopic (exact) mass is 284 g/mol. The first-order chi connectivity index (χ1) is 10.2. The van der Waals surface area contributed by atoms with Crippen molar-refractivity contribution in [2.24, 2.45) is 0 Å². The van der Waals surface area contributed by atoms with Crippen LogP contribution in [0.15, 0.2) is 35.0 Å². The lowest BCUT2D eigenvalue weighted by Crippen LogP contribution is -1.98. The molecule has 3 aromatic rings. The molecule has 0 N–H and O–H groups in total. The van der Waals surface area contributed by atoms with Gasteiger partial charge in [-0.25, -0.2) is 0 Å². The molecule has 106 valence electrons. The number of benzene rings is 1. The van der Waals surface area contributed by atoms with E-state index >= 15 is 0 Å². The summed E-state index contributed by atoms with van der Waals surface area (Å²) in [7, 11) is 0. The van der Waals surface area contributed by atoms with Crippen LogP contribution in [-0.2, 0) is 6.54 Å². The van der Waals surface area contributed by atoms with E-state index in [1.54, 1.807) is 18.3 Å². The summed E-state index contributed by atoms with van der Waals surface area (Å²) in [6.45, 7) is 0.421. The average Bonchev–Trinajstić information content (AvgIpc) is 3.09. The van der Waals surface area contributed by atoms with Crippen molar-refractivity contribution in [1.82, 2.24) is 14.7 Å². The van der Waals surface area contributed by atoms with Crippen LogP contribution in [0.1, 0.15) is 30.5 Å². The van der Waals surface area contributed by atoms with Gasteiger partial charge in [-0.15, -0.1) is 0 Å². The second-order valence-corrected chi connectivity index (χ2v) is 5.23. The molecule has 0 bridgehead atoms. The van der Waals surface area contributed by atoms with Gasteiger partial charge >= 0.3 is 0 Å². The molecule has 1 saturated carbocycles. The summed E-state index contributed by atoms with van der Waals surface area (Å²) in [6, 6.07) is 6.77. The smallest absolute Gasteiger partial charge is 0.278 e. The van der Waals surface area contributed by atoms with Gasteiger partial charge < -0.3 is 9.09 Å². The van der Waals surface area contributed by atoms with Crippen LogP contribution in [0.5, 0.6) is 0 Å². The lowest BCUT2D eigenvalue weighted by molar-refractivity contribution is -0.383. The van der Waals surface area contributed by atoms with E-state index in [0.29, 0.717) is 23.7 Å². The van der Waals surface area contributed by atoms with Gasteiger partial charge in [0.05, 0.1) is 15.8 Å². The lowest BCUT2D eigenvalue weighted by atomic mass is 10.2. The van der Waals surface area contributed by atoms with Gasteiger partial charge in [-0.05, 0) is 25.0 Å². The number of non-ortho nitro benzene ring substituents is 1. The molecule has 0 radical (unpaired) electrons. The van der Waals surface area contributed by atoms with E-state index < -0.39 is 0 Å². The van der Waals surface area contributed by atoms with Gasteiger partial charge in [0, 0.05) is 18.2 Å². The minimum absolute atomic E-state index is 0.107. The van der Waals surface area contributed by atoms with Crippen molar-refractivity contribution in [1.29, 1.82) is 0 Å². The largest absolute Gasteiger partial charge is 0.338 e. The van der Waals surface area contributed by atoms with Crippen molar-refractivity contribution in [3.8, 4) is 0 Å². The normalized spacial score (nSPS) is 14.7. The minimum Gasteiger partial charge on any atom is -0.338 e. The molecule has 0 unspecified atom stereocenters. The predicted molar refractivity (Wildman–Crippen MR) is 74.0 cm³/mol. The predicted octanol–water partition coefficient (Wildman–Crippen LogP) is 2.86. The van der Waals surface area contributed by atoms with E-state index in [1.165, 1.54) is 6.07 Å². The highest BCUT2D eigenvalue weighted by Gasteiger charge is 2.28. The van der Waals surface area contributed by atoms with E-state index in [4.69, 9.17) is 4.52 Å². The molecule has 1 aromatic carbocycles. The van der Waals surface area contributed by atoms with Crippen LogP contribution in [-0.4, -0.2) is 19.6 Å². The molecule has 7 heteroatoms. The van der Waals surface area contributed by atoms with Crippen molar-refractivity contribution in [3.63, 3.8) is 0 Å². The molecule has 0 aliphatic heterocycles. The molecule has 21 heavy (non-hydrogen) atoms. The third-order valence-electron chi connectivity index (χ3n) is 3.72. The maximum Gasteiger partial charge on any atom is 0.278 e. The highest BCUT2D eigenvalue weighted by Crippen LogP contribution is 2.38. The first-order valence-corrected chi connectivity index (χ1v) is 6.77. The fraction of sp³-hybridized carbons (Fsp3) is 0.286. The van der Waals surface area contributed by atoms with E-state index in [0.717, 1.165) is 24.2 Å². The van der Waals surface area contributed by atoms with Crippen LogP contribution >= 0.6 is 0 Å². The van der Waals surface area contributed by atoms with E-state index in [-0.39, 0.29) is 10.6 Å². The van der Waals surface area contributed by atoms with Gasteiger partial charge in [0.25, 0.3) is 5.69 Å². The summed E-state index contributed by atoms with van der Waals surface area (Å²) in [6.07, 6.45) is 4.05. The summed E-state index contributed by atoms with van der Waals surface area (Å²) in [5.74, 6) is 1.75. The zero-order chi connectivity index (χ0) is 14.4. The molecule has 4 rings (SSSR count). The summed E-state index contributed by atoms with van der Waals surface area (Å²) < 4.78 is 7.13. The molecule has 0 saturated heterocycles. The Balaban J connectivity index is 1.69. The fourth-order valence-corrected chi connectivity index (χ4v) is 2.49. The summed E-state index contributed by atoms with van der Waals surface area (Å²) in [4.78, 5) is 15.0. The molecule has 2 aromatic heterocycles. The van der Waals surface area contributed by atoms with Crippen molar-refractivity contribution in [2.45, 2.75) is 25.3 Å². The van der Waals surface area contributed by atoms with Gasteiger partial charge in [-0.1, -0.05) is 11.2 Å². The summed E-state index contributed by atoms with van der Waals surface area (Å²) in [5.41, 5.74) is 0.894. The molecular formula is C14H12N4O3. The van der Waals surface area contributed by atoms with Gasteiger partial charge in [-0.2, -0.15) is 4.98 Å². The van der Waals surface area contributed by atoms with Crippen LogP contribution < -0.4 is 0 Å². The molecule has 1 aliphatic rings. The Hall–Kier alpha value is -2.70. The Labute approximate surface area is 119 Å². The number of nitro groups is 1. The van der Waals surface area contributed by atoms with Gasteiger partial charge in [-0.3, -0.25) is 10.1 Å². The number of fused-ring (bicyclic) bond motifs is 1. The molecular weight excluding hydrogens is 272 g/mol. The first kappa shape index (κ1) is 12.1. The van der Waals surface area contributed by atoms with Gasteiger partial charge in [0.1, 0.15) is 6.54 Å². The molecule has 0 atom stereocenters. The van der Waals surface area contributed by atoms with Gasteiger partial charge in [0.15, 0.2) is 5.82 Å². The Kier molecular flexibility index (Phi) is 2.53. The number of hydrogen-bond acceptors (Lipinski definition) is 5. The molecule has 1 aliphatic carbocycles. The third-order valence-corrected chi connectivity index (χ3v) is 3.72. The number of nitrogens with zero attached hydrogens (tertiary/aromatic N) is 4. The molecule has 1 fully saturated rings. The zero-order valence-corrected chi connectivity index (χ0v) is 11.1. The second kappa shape index (κ2) is 4.41. The topological polar surface area (TPSA) is 87.0 Å². The minimum atomic E-state index is -0.370. The van der Waals surface area contributed by atoms with Crippen LogP contribution in [0.4, 0.5) is 5.69 Å². The Morgan fingerprint density at radius 2 is 2.24 bits per heavy atom. The lowest BCUT2D eigenvalue weighted by Gasteiger charge is -2.01. The number of rotatable bonds is 4. The summed E-state index contributed by atoms with van der Waals surface area (Å²) >= 11 is 0. The Bertz CT molecular complexity index is 832.